The molecule has 2 atom stereocenters. The minimum absolute atomic E-state index is 0.120. The van der Waals surface area contributed by atoms with Gasteiger partial charge in [-0.1, -0.05) is 6.92 Å². The van der Waals surface area contributed by atoms with E-state index in [0.29, 0.717) is 5.92 Å². The highest BCUT2D eigenvalue weighted by atomic mass is 16.5. The fraction of sp³-hybridized carbons (Fsp3) is 0.900. The third-order valence-corrected chi connectivity index (χ3v) is 2.94. The van der Waals surface area contributed by atoms with Gasteiger partial charge in [0.15, 0.2) is 0 Å². The van der Waals surface area contributed by atoms with Crippen LogP contribution in [0.2, 0.25) is 0 Å². The average molecular weight is 183 g/mol. The van der Waals surface area contributed by atoms with Gasteiger partial charge in [-0.25, -0.2) is 0 Å². The van der Waals surface area contributed by atoms with Crippen molar-refractivity contribution in [3.05, 3.63) is 0 Å². The predicted molar refractivity (Wildman–Crippen MR) is 49.3 cm³/mol. The first-order chi connectivity index (χ1) is 6.27. The maximum absolute atomic E-state index is 11.8. The van der Waals surface area contributed by atoms with Crippen LogP contribution in [0.1, 0.15) is 26.2 Å². The van der Waals surface area contributed by atoms with Crippen molar-refractivity contribution in [2.75, 3.05) is 19.7 Å². The summed E-state index contributed by atoms with van der Waals surface area (Å²) in [5.41, 5.74) is 0. The number of hydrogen-bond acceptors (Lipinski definition) is 2. The van der Waals surface area contributed by atoms with Gasteiger partial charge in [-0.3, -0.25) is 4.79 Å². The summed E-state index contributed by atoms with van der Waals surface area (Å²) in [4.78, 5) is 13.8. The Morgan fingerprint density at radius 2 is 2.31 bits per heavy atom. The quantitative estimate of drug-likeness (QED) is 0.607. The molecule has 2 rings (SSSR count). The standard InChI is InChI=1S/C10H17NO2/c1-8-4-5-11(7-8)10(12)9-3-2-6-13-9/h8-9H,2-7H2,1H3/t8-,9-/m1/s1. The summed E-state index contributed by atoms with van der Waals surface area (Å²) in [5.74, 6) is 0.896. The molecule has 13 heavy (non-hydrogen) atoms. The zero-order valence-electron chi connectivity index (χ0n) is 8.16. The Labute approximate surface area is 79.0 Å². The summed E-state index contributed by atoms with van der Waals surface area (Å²) in [5, 5.41) is 0. The molecule has 0 unspecified atom stereocenters. The van der Waals surface area contributed by atoms with E-state index in [1.807, 2.05) is 4.90 Å². The normalized spacial score (nSPS) is 34.1. The summed E-state index contributed by atoms with van der Waals surface area (Å²) in [7, 11) is 0. The second-order valence-electron chi connectivity index (χ2n) is 4.18. The maximum atomic E-state index is 11.8. The van der Waals surface area contributed by atoms with Crippen molar-refractivity contribution in [3.63, 3.8) is 0 Å². The van der Waals surface area contributed by atoms with Gasteiger partial charge in [-0.05, 0) is 25.2 Å². The first-order valence-electron chi connectivity index (χ1n) is 5.18. The second-order valence-corrected chi connectivity index (χ2v) is 4.18. The SMILES string of the molecule is C[C@@H]1CCN(C(=O)[C@H]2CCCO2)C1. The van der Waals surface area contributed by atoms with Crippen molar-refractivity contribution in [1.29, 1.82) is 0 Å². The fourth-order valence-corrected chi connectivity index (χ4v) is 2.11. The fourth-order valence-electron chi connectivity index (χ4n) is 2.11. The lowest BCUT2D eigenvalue weighted by atomic mass is 10.2. The van der Waals surface area contributed by atoms with E-state index >= 15 is 0 Å². The predicted octanol–water partition coefficient (Wildman–Crippen LogP) is 1.03. The van der Waals surface area contributed by atoms with Crippen LogP contribution >= 0.6 is 0 Å². The van der Waals surface area contributed by atoms with Gasteiger partial charge in [0.2, 0.25) is 0 Å². The zero-order valence-corrected chi connectivity index (χ0v) is 8.16. The molecule has 0 N–H and O–H groups in total. The smallest absolute Gasteiger partial charge is 0.251 e. The molecule has 0 aromatic heterocycles. The summed E-state index contributed by atoms with van der Waals surface area (Å²) in [6.07, 6.45) is 2.99. The van der Waals surface area contributed by atoms with Crippen molar-refractivity contribution in [3.8, 4) is 0 Å². The number of rotatable bonds is 1. The summed E-state index contributed by atoms with van der Waals surface area (Å²) >= 11 is 0. The van der Waals surface area contributed by atoms with Crippen molar-refractivity contribution < 1.29 is 9.53 Å². The van der Waals surface area contributed by atoms with E-state index in [0.717, 1.165) is 39.0 Å². The Morgan fingerprint density at radius 1 is 1.46 bits per heavy atom. The van der Waals surface area contributed by atoms with Crippen LogP contribution in [0, 0.1) is 5.92 Å². The molecule has 0 spiro atoms. The van der Waals surface area contributed by atoms with E-state index in [2.05, 4.69) is 6.92 Å². The van der Waals surface area contributed by atoms with E-state index in [1.54, 1.807) is 0 Å². The zero-order chi connectivity index (χ0) is 9.26. The number of carbonyl (C=O) groups is 1. The lowest BCUT2D eigenvalue weighted by molar-refractivity contribution is -0.139. The van der Waals surface area contributed by atoms with Gasteiger partial charge in [-0.2, -0.15) is 0 Å². The van der Waals surface area contributed by atoms with Crippen molar-refractivity contribution in [2.24, 2.45) is 5.92 Å². The molecule has 2 saturated heterocycles. The lowest BCUT2D eigenvalue weighted by Crippen LogP contribution is -2.37. The van der Waals surface area contributed by atoms with Gasteiger partial charge < -0.3 is 9.64 Å². The molecule has 0 saturated carbocycles. The van der Waals surface area contributed by atoms with E-state index in [4.69, 9.17) is 4.74 Å². The van der Waals surface area contributed by atoms with Crippen molar-refractivity contribution in [1.82, 2.24) is 4.90 Å². The van der Waals surface area contributed by atoms with Crippen LogP contribution in [0.5, 0.6) is 0 Å². The molecule has 2 fully saturated rings. The van der Waals surface area contributed by atoms with Crippen LogP contribution in [-0.2, 0) is 9.53 Å². The van der Waals surface area contributed by atoms with Crippen molar-refractivity contribution >= 4 is 5.91 Å². The molecule has 0 radical (unpaired) electrons. The molecule has 3 heteroatoms. The van der Waals surface area contributed by atoms with E-state index in [9.17, 15) is 4.79 Å². The highest BCUT2D eigenvalue weighted by Gasteiger charge is 2.31. The highest BCUT2D eigenvalue weighted by Crippen LogP contribution is 2.20. The molecule has 0 aromatic carbocycles. The number of likely N-dealkylation sites (tertiary alicyclic amines) is 1. The van der Waals surface area contributed by atoms with Crippen LogP contribution < -0.4 is 0 Å². The molecular formula is C10H17NO2. The molecule has 2 aliphatic heterocycles. The third kappa shape index (κ3) is 1.85. The molecule has 2 heterocycles. The third-order valence-electron chi connectivity index (χ3n) is 2.94. The summed E-state index contributed by atoms with van der Waals surface area (Å²) in [6, 6.07) is 0. The molecule has 74 valence electrons. The number of amides is 1. The van der Waals surface area contributed by atoms with Gasteiger partial charge in [0, 0.05) is 19.7 Å². The number of hydrogen-bond donors (Lipinski definition) is 0. The maximum Gasteiger partial charge on any atom is 0.251 e. The Morgan fingerprint density at radius 3 is 2.85 bits per heavy atom. The summed E-state index contributed by atoms with van der Waals surface area (Å²) < 4.78 is 5.37. The van der Waals surface area contributed by atoms with Crippen LogP contribution in [0.4, 0.5) is 0 Å². The largest absolute Gasteiger partial charge is 0.368 e. The van der Waals surface area contributed by atoms with Gasteiger partial charge >= 0.3 is 0 Å². The second kappa shape index (κ2) is 3.66. The highest BCUT2D eigenvalue weighted by molar-refractivity contribution is 5.81. The Kier molecular flexibility index (Phi) is 2.54. The van der Waals surface area contributed by atoms with Crippen molar-refractivity contribution in [2.45, 2.75) is 32.3 Å². The van der Waals surface area contributed by atoms with Gasteiger partial charge in [0.05, 0.1) is 0 Å². The minimum atomic E-state index is -0.120. The van der Waals surface area contributed by atoms with E-state index in [-0.39, 0.29) is 12.0 Å². The molecule has 0 aliphatic carbocycles. The topological polar surface area (TPSA) is 29.5 Å². The van der Waals surface area contributed by atoms with Crippen LogP contribution in [0.25, 0.3) is 0 Å². The monoisotopic (exact) mass is 183 g/mol. The molecular weight excluding hydrogens is 166 g/mol. The number of nitrogens with zero attached hydrogens (tertiary/aromatic N) is 1. The van der Waals surface area contributed by atoms with Gasteiger partial charge in [-0.15, -0.1) is 0 Å². The van der Waals surface area contributed by atoms with Gasteiger partial charge in [0.25, 0.3) is 5.91 Å². The lowest BCUT2D eigenvalue weighted by Gasteiger charge is -2.19. The molecule has 3 nitrogen and oxygen atoms in total. The number of ether oxygens (including phenoxy) is 1. The van der Waals surface area contributed by atoms with Crippen LogP contribution in [0.3, 0.4) is 0 Å². The van der Waals surface area contributed by atoms with Gasteiger partial charge in [0.1, 0.15) is 6.10 Å². The Balaban J connectivity index is 1.89. The molecule has 0 bridgehead atoms. The van der Waals surface area contributed by atoms with E-state index < -0.39 is 0 Å². The Bertz CT molecular complexity index is 199. The first-order valence-corrected chi connectivity index (χ1v) is 5.18. The first kappa shape index (κ1) is 9.00. The average Bonchev–Trinajstić information content (AvgIpc) is 2.72. The van der Waals surface area contributed by atoms with E-state index in [1.165, 1.54) is 0 Å². The molecule has 1 amide bonds. The van der Waals surface area contributed by atoms with Crippen LogP contribution in [0.15, 0.2) is 0 Å². The molecule has 0 aromatic rings. The number of carbonyl (C=O) groups excluding carboxylic acids is 1. The minimum Gasteiger partial charge on any atom is -0.368 e. The van der Waals surface area contributed by atoms with Crippen LogP contribution in [-0.4, -0.2) is 36.6 Å². The summed E-state index contributed by atoms with van der Waals surface area (Å²) in [6.45, 7) is 4.82. The molecule has 2 aliphatic rings. The Hall–Kier alpha value is -0.570.